The molecule has 2 N–H and O–H groups in total. The Bertz CT molecular complexity index is 377. The molecule has 0 radical (unpaired) electrons. The van der Waals surface area contributed by atoms with Crippen LogP contribution >= 0.6 is 0 Å². The van der Waals surface area contributed by atoms with E-state index in [4.69, 9.17) is 0 Å². The van der Waals surface area contributed by atoms with E-state index in [0.717, 1.165) is 6.42 Å². The van der Waals surface area contributed by atoms with Crippen LogP contribution in [0.5, 0.6) is 0 Å². The second kappa shape index (κ2) is 5.29. The number of hydrogen-bond donors (Lipinski definition) is 2. The van der Waals surface area contributed by atoms with Crippen molar-refractivity contribution in [3.63, 3.8) is 0 Å². The van der Waals surface area contributed by atoms with Crippen LogP contribution in [0.3, 0.4) is 0 Å². The highest BCUT2D eigenvalue weighted by molar-refractivity contribution is 7.92. The first-order valence-corrected chi connectivity index (χ1v) is 6.89. The molecular weight excluding hydrogens is 232 g/mol. The molecule has 1 heterocycles. The van der Waals surface area contributed by atoms with Gasteiger partial charge in [0.15, 0.2) is 9.84 Å². The van der Waals surface area contributed by atoms with Gasteiger partial charge in [0, 0.05) is 0 Å². The van der Waals surface area contributed by atoms with Gasteiger partial charge in [-0.25, -0.2) is 13.2 Å². The van der Waals surface area contributed by atoms with Crippen LogP contribution in [-0.4, -0.2) is 37.9 Å². The number of carbonyl (C=O) groups is 2. The lowest BCUT2D eigenvalue weighted by atomic mass is 10.2. The summed E-state index contributed by atoms with van der Waals surface area (Å²) in [5, 5.41) is 3.87. The summed E-state index contributed by atoms with van der Waals surface area (Å²) < 4.78 is 23.1. The van der Waals surface area contributed by atoms with Crippen molar-refractivity contribution in [2.45, 2.75) is 31.6 Å². The number of rotatable bonds is 3. The quantitative estimate of drug-likeness (QED) is 0.723. The fourth-order valence-corrected chi connectivity index (χ4v) is 3.22. The third kappa shape index (κ3) is 3.80. The molecule has 0 saturated carbocycles. The molecule has 2 amide bonds. The SMILES string of the molecule is CC(=O)CNC(=O)NC1CCCCS1(=O)=O. The molecule has 1 aliphatic rings. The average Bonchev–Trinajstić information content (AvgIpc) is 2.18. The van der Waals surface area contributed by atoms with Crippen molar-refractivity contribution in [1.29, 1.82) is 0 Å². The van der Waals surface area contributed by atoms with E-state index >= 15 is 0 Å². The Morgan fingerprint density at radius 3 is 2.56 bits per heavy atom. The summed E-state index contributed by atoms with van der Waals surface area (Å²) in [7, 11) is -3.21. The zero-order valence-electron chi connectivity index (χ0n) is 9.15. The Morgan fingerprint density at radius 1 is 1.31 bits per heavy atom. The van der Waals surface area contributed by atoms with Crippen molar-refractivity contribution in [3.8, 4) is 0 Å². The fraction of sp³-hybridized carbons (Fsp3) is 0.778. The summed E-state index contributed by atoms with van der Waals surface area (Å²) in [6.45, 7) is 1.26. The molecule has 0 bridgehead atoms. The number of hydrogen-bond acceptors (Lipinski definition) is 4. The van der Waals surface area contributed by atoms with Crippen LogP contribution in [-0.2, 0) is 14.6 Å². The van der Waals surface area contributed by atoms with Crippen molar-refractivity contribution in [1.82, 2.24) is 10.6 Å². The molecule has 16 heavy (non-hydrogen) atoms. The van der Waals surface area contributed by atoms with Gasteiger partial charge < -0.3 is 10.6 Å². The maximum absolute atomic E-state index is 11.5. The third-order valence-electron chi connectivity index (χ3n) is 2.37. The fourth-order valence-electron chi connectivity index (χ4n) is 1.52. The Morgan fingerprint density at radius 2 is 2.00 bits per heavy atom. The van der Waals surface area contributed by atoms with E-state index in [-0.39, 0.29) is 18.1 Å². The van der Waals surface area contributed by atoms with Crippen LogP contribution in [0.15, 0.2) is 0 Å². The Balaban J connectivity index is 2.46. The zero-order chi connectivity index (χ0) is 12.2. The van der Waals surface area contributed by atoms with Crippen LogP contribution < -0.4 is 10.6 Å². The van der Waals surface area contributed by atoms with Crippen LogP contribution in [0.2, 0.25) is 0 Å². The average molecular weight is 248 g/mol. The molecule has 0 aromatic heterocycles. The van der Waals surface area contributed by atoms with Crippen LogP contribution in [0.25, 0.3) is 0 Å². The van der Waals surface area contributed by atoms with Gasteiger partial charge in [-0.3, -0.25) is 4.79 Å². The highest BCUT2D eigenvalue weighted by atomic mass is 32.2. The second-order valence-electron chi connectivity index (χ2n) is 3.88. The van der Waals surface area contributed by atoms with Crippen molar-refractivity contribution < 1.29 is 18.0 Å². The number of urea groups is 1. The first-order chi connectivity index (χ1) is 7.42. The first-order valence-electron chi connectivity index (χ1n) is 5.17. The first kappa shape index (κ1) is 13.0. The highest BCUT2D eigenvalue weighted by Gasteiger charge is 2.29. The van der Waals surface area contributed by atoms with Crippen molar-refractivity contribution >= 4 is 21.7 Å². The van der Waals surface area contributed by atoms with Gasteiger partial charge in [-0.2, -0.15) is 0 Å². The van der Waals surface area contributed by atoms with Crippen LogP contribution in [0, 0.1) is 0 Å². The van der Waals surface area contributed by atoms with Crippen molar-refractivity contribution in [3.05, 3.63) is 0 Å². The minimum Gasteiger partial charge on any atom is -0.331 e. The number of sulfone groups is 1. The molecule has 7 heteroatoms. The number of ketones is 1. The second-order valence-corrected chi connectivity index (χ2v) is 6.18. The molecule has 0 aliphatic carbocycles. The Hall–Kier alpha value is -1.11. The zero-order valence-corrected chi connectivity index (χ0v) is 9.97. The van der Waals surface area contributed by atoms with Gasteiger partial charge in [0.1, 0.15) is 11.2 Å². The molecule has 1 atom stereocenters. The van der Waals surface area contributed by atoms with Gasteiger partial charge >= 0.3 is 6.03 Å². The lowest BCUT2D eigenvalue weighted by Crippen LogP contribution is -2.48. The maximum atomic E-state index is 11.5. The molecule has 1 rings (SSSR count). The van der Waals surface area contributed by atoms with E-state index in [1.807, 2.05) is 0 Å². The van der Waals surface area contributed by atoms with E-state index in [0.29, 0.717) is 12.8 Å². The van der Waals surface area contributed by atoms with Gasteiger partial charge in [-0.1, -0.05) is 0 Å². The number of amides is 2. The summed E-state index contributed by atoms with van der Waals surface area (Å²) in [4.78, 5) is 21.9. The topological polar surface area (TPSA) is 92.3 Å². The molecule has 1 saturated heterocycles. The van der Waals surface area contributed by atoms with Crippen LogP contribution in [0.4, 0.5) is 4.79 Å². The molecule has 0 spiro atoms. The van der Waals surface area contributed by atoms with Crippen molar-refractivity contribution in [2.24, 2.45) is 0 Å². The van der Waals surface area contributed by atoms with Gasteiger partial charge in [-0.15, -0.1) is 0 Å². The third-order valence-corrected chi connectivity index (χ3v) is 4.45. The Labute approximate surface area is 94.7 Å². The van der Waals surface area contributed by atoms with E-state index in [1.54, 1.807) is 0 Å². The van der Waals surface area contributed by atoms with Gasteiger partial charge in [0.2, 0.25) is 0 Å². The predicted octanol–water partition coefficient (Wildman–Crippen LogP) is -0.201. The highest BCUT2D eigenvalue weighted by Crippen LogP contribution is 2.16. The molecule has 6 nitrogen and oxygen atoms in total. The van der Waals surface area contributed by atoms with E-state index in [9.17, 15) is 18.0 Å². The molecule has 1 unspecified atom stereocenters. The van der Waals surface area contributed by atoms with Crippen molar-refractivity contribution in [2.75, 3.05) is 12.3 Å². The Kier molecular flexibility index (Phi) is 4.28. The minimum atomic E-state index is -3.21. The standard InChI is InChI=1S/C9H16N2O4S/c1-7(12)6-10-9(13)11-8-4-2-3-5-16(8,14)15/h8H,2-6H2,1H3,(H2,10,11,13). The summed E-state index contributed by atoms with van der Waals surface area (Å²) >= 11 is 0. The molecule has 1 aliphatic heterocycles. The number of nitrogens with one attached hydrogen (secondary N) is 2. The van der Waals surface area contributed by atoms with E-state index in [1.165, 1.54) is 6.92 Å². The lowest BCUT2D eigenvalue weighted by molar-refractivity contribution is -0.116. The monoisotopic (exact) mass is 248 g/mol. The smallest absolute Gasteiger partial charge is 0.316 e. The maximum Gasteiger partial charge on any atom is 0.316 e. The minimum absolute atomic E-state index is 0.0847. The molecule has 1 fully saturated rings. The summed E-state index contributed by atoms with van der Waals surface area (Å²) in [6, 6.07) is -0.606. The van der Waals surface area contributed by atoms with E-state index in [2.05, 4.69) is 10.6 Å². The molecular formula is C9H16N2O4S. The van der Waals surface area contributed by atoms with E-state index < -0.39 is 21.2 Å². The molecule has 0 aromatic carbocycles. The number of carbonyl (C=O) groups excluding carboxylic acids is 2. The summed E-state index contributed by atoms with van der Waals surface area (Å²) in [5.41, 5.74) is 0. The summed E-state index contributed by atoms with van der Waals surface area (Å²) in [6.07, 6.45) is 1.88. The number of Topliss-reactive ketones (excluding diaryl/α,β-unsaturated/α-hetero) is 1. The largest absolute Gasteiger partial charge is 0.331 e. The van der Waals surface area contributed by atoms with Gasteiger partial charge in [0.25, 0.3) is 0 Å². The predicted molar refractivity (Wildman–Crippen MR) is 58.6 cm³/mol. The summed E-state index contributed by atoms with van der Waals surface area (Å²) in [5.74, 6) is -0.0633. The lowest BCUT2D eigenvalue weighted by Gasteiger charge is -2.23. The van der Waals surface area contributed by atoms with Crippen LogP contribution in [0.1, 0.15) is 26.2 Å². The molecule has 0 aromatic rings. The molecule has 92 valence electrons. The van der Waals surface area contributed by atoms with Gasteiger partial charge in [0.05, 0.1) is 12.3 Å². The normalized spacial score (nSPS) is 23.4. The van der Waals surface area contributed by atoms with Gasteiger partial charge in [-0.05, 0) is 26.2 Å².